The lowest BCUT2D eigenvalue weighted by Gasteiger charge is -2.26. The zero-order chi connectivity index (χ0) is 13.8. The molecule has 7 heteroatoms. The second-order valence-corrected chi connectivity index (χ2v) is 4.78. The van der Waals surface area contributed by atoms with Crippen molar-refractivity contribution in [1.29, 1.82) is 0 Å². The monoisotopic (exact) mass is 314 g/mol. The van der Waals surface area contributed by atoms with Gasteiger partial charge in [0.25, 0.3) is 5.91 Å². The summed E-state index contributed by atoms with van der Waals surface area (Å²) in [6.07, 6.45) is 0. The lowest BCUT2D eigenvalue weighted by Crippen LogP contribution is -2.41. The minimum absolute atomic E-state index is 0. The third-order valence-corrected chi connectivity index (χ3v) is 3.45. The lowest BCUT2D eigenvalue weighted by atomic mass is 10.2. The molecule has 21 heavy (non-hydrogen) atoms. The van der Waals surface area contributed by atoms with Crippen LogP contribution < -0.4 is 14.8 Å². The first-order valence-electron chi connectivity index (χ1n) is 6.81. The summed E-state index contributed by atoms with van der Waals surface area (Å²) in [5.41, 5.74) is 0.594. The van der Waals surface area contributed by atoms with E-state index < -0.39 is 0 Å². The predicted molar refractivity (Wildman–Crippen MR) is 79.4 cm³/mol. The van der Waals surface area contributed by atoms with Crippen LogP contribution in [0.5, 0.6) is 11.5 Å². The fraction of sp³-hybridized carbons (Fsp3) is 0.500. The molecule has 3 rings (SSSR count). The molecule has 0 saturated carbocycles. The van der Waals surface area contributed by atoms with Crippen LogP contribution in [0.15, 0.2) is 18.2 Å². The third-order valence-electron chi connectivity index (χ3n) is 3.45. The van der Waals surface area contributed by atoms with Crippen molar-refractivity contribution in [3.05, 3.63) is 23.8 Å². The van der Waals surface area contributed by atoms with Crippen LogP contribution in [0.3, 0.4) is 0 Å². The highest BCUT2D eigenvalue weighted by Gasteiger charge is 2.16. The molecule has 1 N–H and O–H groups in total. The van der Waals surface area contributed by atoms with Gasteiger partial charge in [-0.05, 0) is 18.2 Å². The maximum atomic E-state index is 12.0. The summed E-state index contributed by atoms with van der Waals surface area (Å²) in [7, 11) is 0. The van der Waals surface area contributed by atoms with E-state index in [9.17, 15) is 4.79 Å². The standard InChI is InChI=1S/C14H18N2O4.ClH/c17-14(15-3-4-16-5-7-18-8-6-16)11-1-2-12-13(9-11)20-10-19-12;/h1-2,9H,3-8,10H2,(H,15,17);1H. The van der Waals surface area contributed by atoms with E-state index in [-0.39, 0.29) is 25.1 Å². The first-order valence-corrected chi connectivity index (χ1v) is 6.81. The van der Waals surface area contributed by atoms with Gasteiger partial charge in [0, 0.05) is 31.7 Å². The fourth-order valence-corrected chi connectivity index (χ4v) is 2.29. The van der Waals surface area contributed by atoms with E-state index in [0.29, 0.717) is 23.6 Å². The maximum Gasteiger partial charge on any atom is 0.251 e. The number of halogens is 1. The smallest absolute Gasteiger partial charge is 0.251 e. The summed E-state index contributed by atoms with van der Waals surface area (Å²) in [5.74, 6) is 1.23. The highest BCUT2D eigenvalue weighted by Crippen LogP contribution is 2.32. The summed E-state index contributed by atoms with van der Waals surface area (Å²) in [6.45, 7) is 5.11. The number of benzene rings is 1. The van der Waals surface area contributed by atoms with E-state index in [2.05, 4.69) is 10.2 Å². The summed E-state index contributed by atoms with van der Waals surface area (Å²) >= 11 is 0. The molecule has 1 saturated heterocycles. The van der Waals surface area contributed by atoms with Crippen LogP contribution in [0.25, 0.3) is 0 Å². The number of rotatable bonds is 4. The van der Waals surface area contributed by atoms with E-state index in [1.165, 1.54) is 0 Å². The van der Waals surface area contributed by atoms with Gasteiger partial charge in [0.2, 0.25) is 6.79 Å². The lowest BCUT2D eigenvalue weighted by molar-refractivity contribution is 0.0383. The Balaban J connectivity index is 0.00000161. The van der Waals surface area contributed by atoms with Gasteiger partial charge in [-0.15, -0.1) is 12.4 Å². The number of amides is 1. The average Bonchev–Trinajstić information content (AvgIpc) is 2.95. The number of ether oxygens (including phenoxy) is 3. The number of carbonyl (C=O) groups is 1. The van der Waals surface area contributed by atoms with Crippen molar-refractivity contribution in [2.75, 3.05) is 46.2 Å². The van der Waals surface area contributed by atoms with Crippen LogP contribution in [-0.2, 0) is 4.74 Å². The van der Waals surface area contributed by atoms with Crippen molar-refractivity contribution < 1.29 is 19.0 Å². The molecule has 1 fully saturated rings. The number of nitrogens with zero attached hydrogens (tertiary/aromatic N) is 1. The van der Waals surface area contributed by atoms with Crippen molar-refractivity contribution in [3.63, 3.8) is 0 Å². The highest BCUT2D eigenvalue weighted by molar-refractivity contribution is 5.94. The van der Waals surface area contributed by atoms with Crippen LogP contribution >= 0.6 is 12.4 Å². The number of hydrogen-bond donors (Lipinski definition) is 1. The van der Waals surface area contributed by atoms with Crippen LogP contribution in [0.2, 0.25) is 0 Å². The van der Waals surface area contributed by atoms with E-state index in [4.69, 9.17) is 14.2 Å². The molecule has 0 unspecified atom stereocenters. The van der Waals surface area contributed by atoms with Gasteiger partial charge in [0.1, 0.15) is 0 Å². The second kappa shape index (κ2) is 7.49. The largest absolute Gasteiger partial charge is 0.454 e. The number of fused-ring (bicyclic) bond motifs is 1. The topological polar surface area (TPSA) is 60.0 Å². The average molecular weight is 315 g/mol. The summed E-state index contributed by atoms with van der Waals surface area (Å²) in [6, 6.07) is 5.23. The molecule has 1 aromatic rings. The van der Waals surface area contributed by atoms with Gasteiger partial charge >= 0.3 is 0 Å². The molecule has 0 radical (unpaired) electrons. The molecule has 2 aliphatic heterocycles. The summed E-state index contributed by atoms with van der Waals surface area (Å²) in [4.78, 5) is 14.3. The normalized spacial score (nSPS) is 17.1. The number of hydrogen-bond acceptors (Lipinski definition) is 5. The molecule has 0 atom stereocenters. The zero-order valence-electron chi connectivity index (χ0n) is 11.7. The minimum Gasteiger partial charge on any atom is -0.454 e. The Morgan fingerprint density at radius 2 is 1.95 bits per heavy atom. The Bertz CT molecular complexity index is 492. The van der Waals surface area contributed by atoms with E-state index in [1.807, 2.05) is 0 Å². The SMILES string of the molecule is Cl.O=C(NCCN1CCOCC1)c1ccc2c(c1)OCO2. The van der Waals surface area contributed by atoms with Crippen molar-refractivity contribution in [1.82, 2.24) is 10.2 Å². The third kappa shape index (κ3) is 4.00. The zero-order valence-corrected chi connectivity index (χ0v) is 12.5. The molecule has 1 amide bonds. The number of carbonyl (C=O) groups excluding carboxylic acids is 1. The van der Waals surface area contributed by atoms with Crippen LogP contribution in [0.4, 0.5) is 0 Å². The molecule has 0 aromatic heterocycles. The summed E-state index contributed by atoms with van der Waals surface area (Å²) in [5, 5.41) is 2.92. The quantitative estimate of drug-likeness (QED) is 0.895. The van der Waals surface area contributed by atoms with Crippen LogP contribution in [0.1, 0.15) is 10.4 Å². The minimum atomic E-state index is -0.0865. The van der Waals surface area contributed by atoms with Gasteiger partial charge in [-0.1, -0.05) is 0 Å². The molecule has 116 valence electrons. The van der Waals surface area contributed by atoms with Crippen molar-refractivity contribution >= 4 is 18.3 Å². The molecule has 2 aliphatic rings. The van der Waals surface area contributed by atoms with Crippen molar-refractivity contribution in [2.45, 2.75) is 0 Å². The Hall–Kier alpha value is -1.50. The fourth-order valence-electron chi connectivity index (χ4n) is 2.29. The Kier molecular flexibility index (Phi) is 5.67. The van der Waals surface area contributed by atoms with E-state index >= 15 is 0 Å². The molecule has 2 heterocycles. The first kappa shape index (κ1) is 15.9. The molecular formula is C14H19ClN2O4. The maximum absolute atomic E-state index is 12.0. The first-order chi connectivity index (χ1) is 9.83. The Morgan fingerprint density at radius 3 is 2.76 bits per heavy atom. The van der Waals surface area contributed by atoms with Gasteiger partial charge in [-0.3, -0.25) is 9.69 Å². The molecule has 0 bridgehead atoms. The van der Waals surface area contributed by atoms with Crippen molar-refractivity contribution in [2.24, 2.45) is 0 Å². The van der Waals surface area contributed by atoms with Gasteiger partial charge in [-0.25, -0.2) is 0 Å². The number of nitrogens with one attached hydrogen (secondary N) is 1. The molecule has 6 nitrogen and oxygen atoms in total. The van der Waals surface area contributed by atoms with Crippen LogP contribution in [0, 0.1) is 0 Å². The molecule has 0 aliphatic carbocycles. The second-order valence-electron chi connectivity index (χ2n) is 4.78. The number of morpholine rings is 1. The predicted octanol–water partition coefficient (Wildman–Crippen LogP) is 0.899. The van der Waals surface area contributed by atoms with Crippen molar-refractivity contribution in [3.8, 4) is 11.5 Å². The highest BCUT2D eigenvalue weighted by atomic mass is 35.5. The van der Waals surface area contributed by atoms with Gasteiger partial charge in [0.15, 0.2) is 11.5 Å². The molecule has 1 aromatic carbocycles. The molecular weight excluding hydrogens is 296 g/mol. The van der Waals surface area contributed by atoms with Gasteiger partial charge in [-0.2, -0.15) is 0 Å². The summed E-state index contributed by atoms with van der Waals surface area (Å²) < 4.78 is 15.8. The van der Waals surface area contributed by atoms with Gasteiger partial charge in [0.05, 0.1) is 13.2 Å². The Labute approximate surface area is 129 Å². The van der Waals surface area contributed by atoms with E-state index in [1.54, 1.807) is 18.2 Å². The molecule has 0 spiro atoms. The van der Waals surface area contributed by atoms with Crippen LogP contribution in [-0.4, -0.2) is 57.0 Å². The van der Waals surface area contributed by atoms with Gasteiger partial charge < -0.3 is 19.5 Å². The van der Waals surface area contributed by atoms with E-state index in [0.717, 1.165) is 32.8 Å². The Morgan fingerprint density at radius 1 is 1.19 bits per heavy atom.